The minimum atomic E-state index is -0.467. The summed E-state index contributed by atoms with van der Waals surface area (Å²) in [6, 6.07) is 0. The molecule has 92 valence electrons. The van der Waals surface area contributed by atoms with Crippen LogP contribution in [0.25, 0.3) is 0 Å². The molecule has 2 atom stereocenters. The second-order valence-corrected chi connectivity index (χ2v) is 7.65. The Balaban J connectivity index is 1.99. The predicted molar refractivity (Wildman–Crippen MR) is 66.1 cm³/mol. The van der Waals surface area contributed by atoms with Crippen LogP contribution in [0.3, 0.4) is 0 Å². The molecule has 0 spiro atoms. The van der Waals surface area contributed by atoms with Crippen molar-refractivity contribution < 1.29 is 5.11 Å². The number of hydrogen-bond donors (Lipinski definition) is 1. The lowest BCUT2D eigenvalue weighted by molar-refractivity contribution is -0.193. The van der Waals surface area contributed by atoms with E-state index in [-0.39, 0.29) is 5.41 Å². The standard InChI is InChI=1S/C15H26O/c1-4-14-6-11-5-12(7-14)9-15(8-11,10-14)13(2,3)16/h11-12,16H,4-10H2,1-3H3. The van der Waals surface area contributed by atoms with Gasteiger partial charge < -0.3 is 5.11 Å². The van der Waals surface area contributed by atoms with Gasteiger partial charge in [-0.05, 0) is 75.0 Å². The zero-order valence-electron chi connectivity index (χ0n) is 11.1. The third-order valence-electron chi connectivity index (χ3n) is 6.23. The highest BCUT2D eigenvalue weighted by Crippen LogP contribution is 2.68. The van der Waals surface area contributed by atoms with Crippen LogP contribution in [-0.2, 0) is 0 Å². The zero-order chi connectivity index (χ0) is 11.6. The van der Waals surface area contributed by atoms with E-state index in [0.29, 0.717) is 5.41 Å². The van der Waals surface area contributed by atoms with E-state index in [0.717, 1.165) is 11.8 Å². The van der Waals surface area contributed by atoms with Crippen LogP contribution < -0.4 is 0 Å². The summed E-state index contributed by atoms with van der Waals surface area (Å²) in [4.78, 5) is 0. The molecule has 4 saturated carbocycles. The fourth-order valence-corrected chi connectivity index (χ4v) is 5.58. The number of aliphatic hydroxyl groups is 1. The summed E-state index contributed by atoms with van der Waals surface area (Å²) < 4.78 is 0. The largest absolute Gasteiger partial charge is 0.390 e. The van der Waals surface area contributed by atoms with Crippen molar-refractivity contribution in [1.29, 1.82) is 0 Å². The van der Waals surface area contributed by atoms with Crippen LogP contribution in [0.5, 0.6) is 0 Å². The molecule has 0 aromatic rings. The average molecular weight is 222 g/mol. The summed E-state index contributed by atoms with van der Waals surface area (Å²) in [5, 5.41) is 10.6. The highest BCUT2D eigenvalue weighted by molar-refractivity contribution is 5.11. The Morgan fingerprint density at radius 3 is 2.12 bits per heavy atom. The Hall–Kier alpha value is -0.0400. The Bertz CT molecular complexity index is 285. The summed E-state index contributed by atoms with van der Waals surface area (Å²) >= 11 is 0. The van der Waals surface area contributed by atoms with Crippen LogP contribution in [0.2, 0.25) is 0 Å². The van der Waals surface area contributed by atoms with E-state index < -0.39 is 5.60 Å². The molecule has 1 N–H and O–H groups in total. The summed E-state index contributed by atoms with van der Waals surface area (Å²) in [6.45, 7) is 6.48. The van der Waals surface area contributed by atoms with Gasteiger partial charge in [-0.25, -0.2) is 0 Å². The average Bonchev–Trinajstić information content (AvgIpc) is 2.14. The van der Waals surface area contributed by atoms with Gasteiger partial charge in [0.25, 0.3) is 0 Å². The third kappa shape index (κ3) is 1.33. The first-order valence-electron chi connectivity index (χ1n) is 7.11. The van der Waals surface area contributed by atoms with Crippen LogP contribution in [0.4, 0.5) is 0 Å². The molecule has 4 rings (SSSR count). The van der Waals surface area contributed by atoms with E-state index in [1.807, 2.05) is 0 Å². The van der Waals surface area contributed by atoms with Gasteiger partial charge in [0.05, 0.1) is 5.60 Å². The molecule has 1 heteroatoms. The lowest BCUT2D eigenvalue weighted by Gasteiger charge is -2.65. The van der Waals surface area contributed by atoms with E-state index in [4.69, 9.17) is 0 Å². The normalized spacial score (nSPS) is 51.0. The molecule has 0 amide bonds. The highest BCUT2D eigenvalue weighted by Gasteiger charge is 2.61. The molecule has 4 fully saturated rings. The fraction of sp³-hybridized carbons (Fsp3) is 1.00. The molecule has 4 aliphatic rings. The molecule has 0 radical (unpaired) electrons. The van der Waals surface area contributed by atoms with Gasteiger partial charge in [0, 0.05) is 0 Å². The van der Waals surface area contributed by atoms with Gasteiger partial charge in [0.1, 0.15) is 0 Å². The molecule has 1 nitrogen and oxygen atoms in total. The highest BCUT2D eigenvalue weighted by atomic mass is 16.3. The third-order valence-corrected chi connectivity index (χ3v) is 6.23. The van der Waals surface area contributed by atoms with E-state index in [9.17, 15) is 5.11 Å². The van der Waals surface area contributed by atoms with Crippen LogP contribution >= 0.6 is 0 Å². The van der Waals surface area contributed by atoms with Gasteiger partial charge in [-0.3, -0.25) is 0 Å². The first-order valence-corrected chi connectivity index (χ1v) is 7.11. The minimum Gasteiger partial charge on any atom is -0.390 e. The Kier molecular flexibility index (Phi) is 2.11. The lowest BCUT2D eigenvalue weighted by Crippen LogP contribution is -2.59. The first kappa shape index (κ1) is 11.1. The van der Waals surface area contributed by atoms with Crippen LogP contribution in [0.15, 0.2) is 0 Å². The molecule has 4 aliphatic carbocycles. The Morgan fingerprint density at radius 1 is 1.12 bits per heavy atom. The van der Waals surface area contributed by atoms with Crippen molar-refractivity contribution in [3.8, 4) is 0 Å². The van der Waals surface area contributed by atoms with Crippen LogP contribution in [-0.4, -0.2) is 10.7 Å². The van der Waals surface area contributed by atoms with Crippen molar-refractivity contribution in [3.05, 3.63) is 0 Å². The minimum absolute atomic E-state index is 0.257. The number of hydrogen-bond acceptors (Lipinski definition) is 1. The Labute approximate surface area is 99.6 Å². The molecule has 0 aromatic heterocycles. The maximum atomic E-state index is 10.6. The van der Waals surface area contributed by atoms with E-state index in [1.165, 1.54) is 44.9 Å². The van der Waals surface area contributed by atoms with Gasteiger partial charge in [-0.2, -0.15) is 0 Å². The van der Waals surface area contributed by atoms with Gasteiger partial charge >= 0.3 is 0 Å². The zero-order valence-corrected chi connectivity index (χ0v) is 11.1. The van der Waals surface area contributed by atoms with Gasteiger partial charge in [0.15, 0.2) is 0 Å². The van der Waals surface area contributed by atoms with Gasteiger partial charge in [0.2, 0.25) is 0 Å². The van der Waals surface area contributed by atoms with Crippen molar-refractivity contribution in [2.75, 3.05) is 0 Å². The summed E-state index contributed by atoms with van der Waals surface area (Å²) in [5.74, 6) is 1.85. The topological polar surface area (TPSA) is 20.2 Å². The molecule has 0 heterocycles. The summed E-state index contributed by atoms with van der Waals surface area (Å²) in [6.07, 6.45) is 9.60. The van der Waals surface area contributed by atoms with E-state index in [2.05, 4.69) is 20.8 Å². The molecule has 0 aromatic carbocycles. The second kappa shape index (κ2) is 3.04. The first-order chi connectivity index (χ1) is 7.38. The maximum absolute atomic E-state index is 10.6. The molecular formula is C15H26O. The van der Waals surface area contributed by atoms with Crippen molar-refractivity contribution in [2.24, 2.45) is 22.7 Å². The van der Waals surface area contributed by atoms with E-state index in [1.54, 1.807) is 0 Å². The summed E-state index contributed by atoms with van der Waals surface area (Å²) in [5.41, 5.74) is 0.391. The predicted octanol–water partition coefficient (Wildman–Crippen LogP) is 3.75. The quantitative estimate of drug-likeness (QED) is 0.754. The van der Waals surface area contributed by atoms with Crippen molar-refractivity contribution in [3.63, 3.8) is 0 Å². The monoisotopic (exact) mass is 222 g/mol. The SMILES string of the molecule is CCC12CC3CC(C1)CC(C(C)(C)O)(C3)C2. The van der Waals surface area contributed by atoms with Gasteiger partial charge in [-0.1, -0.05) is 13.3 Å². The maximum Gasteiger partial charge on any atom is 0.0648 e. The molecule has 16 heavy (non-hydrogen) atoms. The molecule has 2 unspecified atom stereocenters. The van der Waals surface area contributed by atoms with Crippen molar-refractivity contribution in [1.82, 2.24) is 0 Å². The Morgan fingerprint density at radius 2 is 1.69 bits per heavy atom. The fourth-order valence-electron chi connectivity index (χ4n) is 5.58. The molecule has 0 aliphatic heterocycles. The second-order valence-electron chi connectivity index (χ2n) is 7.65. The van der Waals surface area contributed by atoms with Gasteiger partial charge in [-0.15, -0.1) is 0 Å². The van der Waals surface area contributed by atoms with Crippen LogP contribution in [0, 0.1) is 22.7 Å². The van der Waals surface area contributed by atoms with E-state index >= 15 is 0 Å². The van der Waals surface area contributed by atoms with Crippen molar-refractivity contribution >= 4 is 0 Å². The molecule has 0 saturated heterocycles. The summed E-state index contributed by atoms with van der Waals surface area (Å²) in [7, 11) is 0. The van der Waals surface area contributed by atoms with Crippen LogP contribution in [0.1, 0.15) is 65.7 Å². The lowest BCUT2D eigenvalue weighted by atomic mass is 9.41. The molecule has 4 bridgehead atoms. The molecular weight excluding hydrogens is 196 g/mol. The van der Waals surface area contributed by atoms with Crippen molar-refractivity contribution in [2.45, 2.75) is 71.3 Å². The smallest absolute Gasteiger partial charge is 0.0648 e. The number of rotatable bonds is 2.